The third kappa shape index (κ3) is 2.99. The third-order valence-corrected chi connectivity index (χ3v) is 14.3. The zero-order valence-electron chi connectivity index (χ0n) is 21.6. The van der Waals surface area contributed by atoms with Crippen molar-refractivity contribution in [3.63, 3.8) is 0 Å². The topological polar surface area (TPSA) is 0 Å². The standard InChI is InChI=1S/C37H25BrSi/c1-24-29-16-8-9-17-30(29)34-35-32-19-11-10-18-31(32)33(25-20-22-26(38)23-21-25)37(35)39(36(24)34,27-12-4-2-5-13-27)28-14-6-3-7-15-28/h2-23H,1H3. The van der Waals surface area contributed by atoms with E-state index in [-0.39, 0.29) is 0 Å². The van der Waals surface area contributed by atoms with E-state index in [0.29, 0.717) is 0 Å². The van der Waals surface area contributed by atoms with E-state index in [1.807, 2.05) is 0 Å². The van der Waals surface area contributed by atoms with Crippen LogP contribution in [-0.4, -0.2) is 8.07 Å². The molecule has 0 aromatic heterocycles. The first-order chi connectivity index (χ1) is 19.2. The Morgan fingerprint density at radius 1 is 0.436 bits per heavy atom. The van der Waals surface area contributed by atoms with Crippen LogP contribution in [0, 0.1) is 0 Å². The Morgan fingerprint density at radius 3 is 1.44 bits per heavy atom. The van der Waals surface area contributed by atoms with Crippen LogP contribution in [-0.2, 0) is 0 Å². The zero-order valence-corrected chi connectivity index (χ0v) is 24.2. The van der Waals surface area contributed by atoms with E-state index in [1.54, 1.807) is 10.4 Å². The van der Waals surface area contributed by atoms with Gasteiger partial charge in [0.2, 0.25) is 0 Å². The summed E-state index contributed by atoms with van der Waals surface area (Å²) in [5.74, 6) is 0. The Balaban J connectivity index is 1.64. The molecular weight excluding hydrogens is 552 g/mol. The highest BCUT2D eigenvalue weighted by Crippen LogP contribution is 2.63. The Kier molecular flexibility index (Phi) is 5.01. The molecule has 0 fully saturated rings. The van der Waals surface area contributed by atoms with Gasteiger partial charge in [-0.1, -0.05) is 137 Å². The fraction of sp³-hybridized carbons (Fsp3) is 0.0270. The summed E-state index contributed by atoms with van der Waals surface area (Å²) in [5, 5.41) is 6.00. The first kappa shape index (κ1) is 23.0. The highest BCUT2D eigenvalue weighted by atomic mass is 79.9. The maximum absolute atomic E-state index is 3.68. The predicted molar refractivity (Wildman–Crippen MR) is 170 cm³/mol. The monoisotopic (exact) mass is 576 g/mol. The molecule has 0 unspecified atom stereocenters. The Labute approximate surface area is 238 Å². The summed E-state index contributed by atoms with van der Waals surface area (Å²) in [6.07, 6.45) is 0. The van der Waals surface area contributed by atoms with Crippen LogP contribution in [0.3, 0.4) is 0 Å². The minimum atomic E-state index is -2.69. The van der Waals surface area contributed by atoms with Gasteiger partial charge in [0.05, 0.1) is 0 Å². The second-order valence-electron chi connectivity index (χ2n) is 10.6. The van der Waals surface area contributed by atoms with Crippen LogP contribution in [0.4, 0.5) is 0 Å². The molecule has 0 amide bonds. The molecule has 1 aliphatic heterocycles. The largest absolute Gasteiger partial charge is 0.181 e. The minimum Gasteiger partial charge on any atom is -0.0623 e. The van der Waals surface area contributed by atoms with Crippen molar-refractivity contribution in [1.29, 1.82) is 0 Å². The van der Waals surface area contributed by atoms with Gasteiger partial charge in [-0.25, -0.2) is 0 Å². The van der Waals surface area contributed by atoms with Gasteiger partial charge in [-0.3, -0.25) is 0 Å². The molecule has 0 nitrogen and oxygen atoms in total. The molecule has 2 aliphatic carbocycles. The van der Waals surface area contributed by atoms with Crippen molar-refractivity contribution in [3.05, 3.63) is 176 Å². The molecule has 39 heavy (non-hydrogen) atoms. The lowest BCUT2D eigenvalue weighted by atomic mass is 9.96. The molecule has 5 aromatic rings. The normalized spacial score (nSPS) is 16.4. The molecule has 8 rings (SSSR count). The van der Waals surface area contributed by atoms with Crippen LogP contribution in [0.5, 0.6) is 0 Å². The van der Waals surface area contributed by atoms with E-state index in [9.17, 15) is 0 Å². The molecule has 0 radical (unpaired) electrons. The molecule has 0 bridgehead atoms. The van der Waals surface area contributed by atoms with Crippen molar-refractivity contribution in [2.24, 2.45) is 0 Å². The summed E-state index contributed by atoms with van der Waals surface area (Å²) in [5.41, 5.74) is 12.5. The Bertz CT molecular complexity index is 1850. The molecule has 2 heteroatoms. The quantitative estimate of drug-likeness (QED) is 0.189. The zero-order chi connectivity index (χ0) is 26.1. The van der Waals surface area contributed by atoms with Crippen LogP contribution in [0.1, 0.15) is 34.7 Å². The number of rotatable bonds is 3. The molecule has 0 atom stereocenters. The molecule has 3 aliphatic rings. The van der Waals surface area contributed by atoms with E-state index < -0.39 is 8.07 Å². The van der Waals surface area contributed by atoms with Crippen LogP contribution in [0.25, 0.3) is 22.3 Å². The SMILES string of the molecule is CC1=C2C(=C3C(=C(c4ccc(Br)cc4)c4ccccc43)[Si]2(c2ccccc2)c2ccccc2)c2ccccc21. The van der Waals surface area contributed by atoms with Gasteiger partial charge in [0, 0.05) is 4.47 Å². The van der Waals surface area contributed by atoms with Gasteiger partial charge in [0.25, 0.3) is 0 Å². The second-order valence-corrected chi connectivity index (χ2v) is 15.2. The smallest absolute Gasteiger partial charge is 0.0623 e. The summed E-state index contributed by atoms with van der Waals surface area (Å²) >= 11 is 3.68. The number of fused-ring (bicyclic) bond motifs is 6. The number of hydrogen-bond acceptors (Lipinski definition) is 0. The van der Waals surface area contributed by atoms with E-state index in [4.69, 9.17) is 0 Å². The van der Waals surface area contributed by atoms with E-state index in [0.717, 1.165) is 4.47 Å². The van der Waals surface area contributed by atoms with Crippen molar-refractivity contribution in [2.45, 2.75) is 6.92 Å². The molecule has 0 saturated heterocycles. The van der Waals surface area contributed by atoms with E-state index in [2.05, 4.69) is 156 Å². The van der Waals surface area contributed by atoms with Gasteiger partial charge in [-0.15, -0.1) is 0 Å². The molecular formula is C37H25BrSi. The maximum Gasteiger partial charge on any atom is 0.181 e. The fourth-order valence-electron chi connectivity index (χ4n) is 7.32. The fourth-order valence-corrected chi connectivity index (χ4v) is 13.3. The lowest BCUT2D eigenvalue weighted by molar-refractivity contribution is 1.53. The highest BCUT2D eigenvalue weighted by Gasteiger charge is 2.58. The Morgan fingerprint density at radius 2 is 0.872 bits per heavy atom. The molecule has 184 valence electrons. The van der Waals surface area contributed by atoms with Crippen molar-refractivity contribution >= 4 is 56.7 Å². The lowest BCUT2D eigenvalue weighted by Crippen LogP contribution is -2.60. The van der Waals surface area contributed by atoms with Crippen molar-refractivity contribution in [1.82, 2.24) is 0 Å². The number of halogens is 1. The van der Waals surface area contributed by atoms with Crippen LogP contribution >= 0.6 is 15.9 Å². The van der Waals surface area contributed by atoms with Crippen LogP contribution in [0.15, 0.2) is 148 Å². The van der Waals surface area contributed by atoms with Crippen molar-refractivity contribution in [3.8, 4) is 0 Å². The first-order valence-electron chi connectivity index (χ1n) is 13.5. The summed E-state index contributed by atoms with van der Waals surface area (Å²) < 4.78 is 1.10. The van der Waals surface area contributed by atoms with Crippen molar-refractivity contribution in [2.75, 3.05) is 0 Å². The molecule has 5 aromatic carbocycles. The molecule has 1 heterocycles. The van der Waals surface area contributed by atoms with Crippen LogP contribution < -0.4 is 10.4 Å². The van der Waals surface area contributed by atoms with Gasteiger partial charge in [0.15, 0.2) is 8.07 Å². The average molecular weight is 578 g/mol. The summed E-state index contributed by atoms with van der Waals surface area (Å²) in [7, 11) is -2.69. The number of benzene rings is 5. The first-order valence-corrected chi connectivity index (χ1v) is 16.3. The Hall–Kier alpha value is -3.98. The van der Waals surface area contributed by atoms with Crippen molar-refractivity contribution < 1.29 is 0 Å². The maximum atomic E-state index is 3.68. The minimum absolute atomic E-state index is 1.10. The molecule has 0 N–H and O–H groups in total. The lowest BCUT2D eigenvalue weighted by Gasteiger charge is -2.34. The highest BCUT2D eigenvalue weighted by molar-refractivity contribution is 9.10. The summed E-state index contributed by atoms with van der Waals surface area (Å²) in [6.45, 7) is 2.36. The van der Waals surface area contributed by atoms with Gasteiger partial charge >= 0.3 is 0 Å². The average Bonchev–Trinajstić information content (AvgIpc) is 3.59. The van der Waals surface area contributed by atoms with E-state index >= 15 is 0 Å². The van der Waals surface area contributed by atoms with Gasteiger partial charge < -0.3 is 0 Å². The molecule has 0 saturated carbocycles. The summed E-state index contributed by atoms with van der Waals surface area (Å²) in [4.78, 5) is 0. The molecule has 0 spiro atoms. The summed E-state index contributed by atoms with van der Waals surface area (Å²) in [6, 6.07) is 49.8. The van der Waals surface area contributed by atoms with Crippen LogP contribution in [0.2, 0.25) is 0 Å². The van der Waals surface area contributed by atoms with Gasteiger partial charge in [-0.2, -0.15) is 0 Å². The second kappa shape index (κ2) is 8.51. The van der Waals surface area contributed by atoms with Gasteiger partial charge in [0.1, 0.15) is 0 Å². The van der Waals surface area contributed by atoms with Gasteiger partial charge in [-0.05, 0) is 89.9 Å². The predicted octanol–water partition coefficient (Wildman–Crippen LogP) is 8.32. The third-order valence-electron chi connectivity index (χ3n) is 8.74. The van der Waals surface area contributed by atoms with E-state index in [1.165, 1.54) is 60.5 Å². The number of allylic oxidation sites excluding steroid dienone is 5. The number of hydrogen-bond donors (Lipinski definition) is 0.